The molecule has 0 aliphatic rings. The van der Waals surface area contributed by atoms with Gasteiger partial charge in [0.15, 0.2) is 16.1 Å². The molecule has 2 aromatic rings. The van der Waals surface area contributed by atoms with E-state index >= 15 is 0 Å². The minimum Gasteiger partial charge on any atom is -0.310 e. The lowest BCUT2D eigenvalue weighted by Gasteiger charge is -2.36. The molecule has 0 N–H and O–H groups in total. The summed E-state index contributed by atoms with van der Waals surface area (Å²) >= 11 is 0. The number of hydrogen-bond acceptors (Lipinski definition) is 1. The molecular formula is C21H30OSi2. The van der Waals surface area contributed by atoms with Gasteiger partial charge in [0.2, 0.25) is 0 Å². The molecule has 0 heterocycles. The van der Waals surface area contributed by atoms with E-state index in [-0.39, 0.29) is 0 Å². The van der Waals surface area contributed by atoms with Crippen molar-refractivity contribution in [3.8, 4) is 0 Å². The van der Waals surface area contributed by atoms with Gasteiger partial charge in [-0.2, -0.15) is 0 Å². The predicted molar refractivity (Wildman–Crippen MR) is 111 cm³/mol. The molecule has 0 amide bonds. The maximum Gasteiger partial charge on any atom is 0.154 e. The van der Waals surface area contributed by atoms with Crippen molar-refractivity contribution in [1.29, 1.82) is 0 Å². The van der Waals surface area contributed by atoms with Crippen LogP contribution in [0.1, 0.15) is 26.7 Å². The van der Waals surface area contributed by atoms with E-state index in [1.807, 2.05) is 0 Å². The van der Waals surface area contributed by atoms with Gasteiger partial charge >= 0.3 is 0 Å². The molecule has 0 aliphatic carbocycles. The molecule has 1 nitrogen and oxygen atoms in total. The largest absolute Gasteiger partial charge is 0.310 e. The van der Waals surface area contributed by atoms with Crippen molar-refractivity contribution in [2.75, 3.05) is 0 Å². The van der Waals surface area contributed by atoms with Crippen molar-refractivity contribution < 1.29 is 4.79 Å². The lowest BCUT2D eigenvalue weighted by atomic mass is 10.4. The van der Waals surface area contributed by atoms with E-state index in [1.54, 1.807) is 0 Å². The van der Waals surface area contributed by atoms with E-state index in [2.05, 4.69) is 87.6 Å². The van der Waals surface area contributed by atoms with Gasteiger partial charge in [-0.25, -0.2) is 0 Å². The standard InChI is InChI=1S/C21H30OSi2/c1-5-17-23(3,19-13-9-7-10-14-19)21(22)24(4,18-6-2)20-15-11-8-12-16-20/h7-16H,5-6,17-18H2,1-4H3. The third-order valence-corrected chi connectivity index (χ3v) is 16.9. The van der Waals surface area contributed by atoms with Crippen LogP contribution in [0.25, 0.3) is 0 Å². The summed E-state index contributed by atoms with van der Waals surface area (Å²) in [5, 5.41) is 3.24. The van der Waals surface area contributed by atoms with Crippen molar-refractivity contribution in [3.63, 3.8) is 0 Å². The van der Waals surface area contributed by atoms with E-state index in [1.165, 1.54) is 10.4 Å². The molecule has 2 unspecified atom stereocenters. The molecule has 3 heteroatoms. The predicted octanol–water partition coefficient (Wildman–Crippen LogP) is 5.06. The first-order valence-corrected chi connectivity index (χ1v) is 14.6. The highest BCUT2D eigenvalue weighted by Crippen LogP contribution is 2.25. The van der Waals surface area contributed by atoms with Crippen LogP contribution in [0, 0.1) is 0 Å². The fourth-order valence-electron chi connectivity index (χ4n) is 4.00. The molecule has 0 saturated heterocycles. The van der Waals surface area contributed by atoms with Crippen LogP contribution in [-0.2, 0) is 0 Å². The Kier molecular flexibility index (Phi) is 6.36. The van der Waals surface area contributed by atoms with Gasteiger partial charge in [-0.3, -0.25) is 0 Å². The Labute approximate surface area is 149 Å². The molecule has 0 radical (unpaired) electrons. The normalized spacial score (nSPS) is 16.2. The summed E-state index contributed by atoms with van der Waals surface area (Å²) in [5.41, 5.74) is 0. The smallest absolute Gasteiger partial charge is 0.154 e. The van der Waals surface area contributed by atoms with Crippen LogP contribution in [0.4, 0.5) is 4.79 Å². The highest BCUT2D eigenvalue weighted by atomic mass is 28.4. The highest BCUT2D eigenvalue weighted by Gasteiger charge is 2.48. The Hall–Kier alpha value is -1.46. The summed E-state index contributed by atoms with van der Waals surface area (Å²) < 4.78 is 0. The fraction of sp³-hybridized carbons (Fsp3) is 0.381. The van der Waals surface area contributed by atoms with Crippen LogP contribution in [0.2, 0.25) is 25.2 Å². The number of hydrogen-bond donors (Lipinski definition) is 0. The van der Waals surface area contributed by atoms with Gasteiger partial charge in [0.05, 0.1) is 0 Å². The Morgan fingerprint density at radius 3 is 1.33 bits per heavy atom. The lowest BCUT2D eigenvalue weighted by Crippen LogP contribution is -2.66. The molecule has 2 atom stereocenters. The summed E-state index contributed by atoms with van der Waals surface area (Å²) in [6, 6.07) is 23.3. The Balaban J connectivity index is 2.54. The molecule has 0 spiro atoms. The first kappa shape index (κ1) is 18.9. The first-order chi connectivity index (χ1) is 11.5. The summed E-state index contributed by atoms with van der Waals surface area (Å²) in [6.45, 7) is 9.03. The molecule has 2 aromatic carbocycles. The zero-order valence-corrected chi connectivity index (χ0v) is 17.5. The Morgan fingerprint density at radius 2 is 1.04 bits per heavy atom. The quantitative estimate of drug-likeness (QED) is 0.605. The second-order valence-electron chi connectivity index (χ2n) is 7.23. The van der Waals surface area contributed by atoms with Gasteiger partial charge < -0.3 is 4.79 Å². The van der Waals surface area contributed by atoms with Crippen molar-refractivity contribution in [2.45, 2.75) is 51.9 Å². The summed E-state index contributed by atoms with van der Waals surface area (Å²) in [4.78, 5) is 14.0. The number of carbonyl (C=O) groups is 1. The monoisotopic (exact) mass is 354 g/mol. The van der Waals surface area contributed by atoms with Gasteiger partial charge in [-0.05, 0) is 12.1 Å². The van der Waals surface area contributed by atoms with Crippen molar-refractivity contribution in [2.24, 2.45) is 0 Å². The zero-order valence-electron chi connectivity index (χ0n) is 15.5. The zero-order chi connectivity index (χ0) is 17.6. The lowest BCUT2D eigenvalue weighted by molar-refractivity contribution is 0.272. The van der Waals surface area contributed by atoms with Gasteiger partial charge in [-0.15, -0.1) is 0 Å². The molecule has 0 aliphatic heterocycles. The van der Waals surface area contributed by atoms with Crippen LogP contribution in [-0.4, -0.2) is 21.2 Å². The topological polar surface area (TPSA) is 17.1 Å². The highest BCUT2D eigenvalue weighted by molar-refractivity contribution is 7.39. The SMILES string of the molecule is CCC[Si](C)(C(=O)[Si](C)(CCC)c1ccccc1)c1ccccc1. The second kappa shape index (κ2) is 8.08. The summed E-state index contributed by atoms with van der Waals surface area (Å²) in [7, 11) is -4.32. The average Bonchev–Trinajstić information content (AvgIpc) is 2.63. The van der Waals surface area contributed by atoms with E-state index in [4.69, 9.17) is 0 Å². The van der Waals surface area contributed by atoms with Crippen molar-refractivity contribution in [3.05, 3.63) is 60.7 Å². The molecule has 0 saturated carbocycles. The number of benzene rings is 2. The molecule has 0 aromatic heterocycles. The van der Waals surface area contributed by atoms with E-state index in [9.17, 15) is 4.79 Å². The maximum atomic E-state index is 14.0. The molecule has 2 rings (SSSR count). The van der Waals surface area contributed by atoms with Gasteiger partial charge in [0, 0.05) is 0 Å². The average molecular weight is 355 g/mol. The third-order valence-electron chi connectivity index (χ3n) is 5.32. The Bertz CT molecular complexity index is 599. The van der Waals surface area contributed by atoms with Crippen LogP contribution in [0.15, 0.2) is 60.7 Å². The van der Waals surface area contributed by atoms with E-state index in [0.717, 1.165) is 24.9 Å². The molecular weight excluding hydrogens is 324 g/mol. The fourth-order valence-corrected chi connectivity index (χ4v) is 15.9. The first-order valence-electron chi connectivity index (χ1n) is 9.15. The minimum atomic E-state index is -2.16. The van der Waals surface area contributed by atoms with Crippen LogP contribution < -0.4 is 10.4 Å². The van der Waals surface area contributed by atoms with E-state index in [0.29, 0.717) is 5.03 Å². The van der Waals surface area contributed by atoms with E-state index < -0.39 is 16.1 Å². The van der Waals surface area contributed by atoms with Crippen molar-refractivity contribution >= 4 is 31.6 Å². The van der Waals surface area contributed by atoms with Gasteiger partial charge in [0.25, 0.3) is 0 Å². The summed E-state index contributed by atoms with van der Waals surface area (Å²) in [6.07, 6.45) is 2.16. The second-order valence-corrected chi connectivity index (χ2v) is 16.1. The van der Waals surface area contributed by atoms with Crippen LogP contribution >= 0.6 is 0 Å². The maximum absolute atomic E-state index is 14.0. The molecule has 0 bridgehead atoms. The summed E-state index contributed by atoms with van der Waals surface area (Å²) in [5.74, 6) is 0. The molecule has 0 fully saturated rings. The minimum absolute atomic E-state index is 0.621. The Morgan fingerprint density at radius 1 is 0.708 bits per heavy atom. The number of rotatable bonds is 8. The van der Waals surface area contributed by atoms with Gasteiger partial charge in [-0.1, -0.05) is 111 Å². The van der Waals surface area contributed by atoms with Crippen LogP contribution in [0.5, 0.6) is 0 Å². The number of carbonyl (C=O) groups excluding carboxylic acids is 1. The van der Waals surface area contributed by atoms with Crippen molar-refractivity contribution in [1.82, 2.24) is 0 Å². The third kappa shape index (κ3) is 3.62. The van der Waals surface area contributed by atoms with Gasteiger partial charge in [0.1, 0.15) is 5.03 Å². The molecule has 128 valence electrons. The van der Waals surface area contributed by atoms with Crippen LogP contribution in [0.3, 0.4) is 0 Å². The molecule has 24 heavy (non-hydrogen) atoms.